The van der Waals surface area contributed by atoms with Gasteiger partial charge in [-0.25, -0.2) is 0 Å². The molecular formula is C15H33N. The van der Waals surface area contributed by atoms with Gasteiger partial charge in [-0.05, 0) is 66.3 Å². The van der Waals surface area contributed by atoms with Crippen LogP contribution in [0.4, 0.5) is 0 Å². The molecular weight excluding hydrogens is 194 g/mol. The summed E-state index contributed by atoms with van der Waals surface area (Å²) in [4.78, 5) is 2.62. The molecule has 0 atom stereocenters. The Bertz CT molecular complexity index is 183. The molecule has 0 heterocycles. The number of nitrogens with zero attached hydrogens (tertiary/aromatic N) is 1. The van der Waals surface area contributed by atoms with Gasteiger partial charge in [0.05, 0.1) is 0 Å². The van der Waals surface area contributed by atoms with Crippen molar-refractivity contribution in [3.8, 4) is 0 Å². The summed E-state index contributed by atoms with van der Waals surface area (Å²) < 4.78 is 0. The Morgan fingerprint density at radius 3 is 1.31 bits per heavy atom. The zero-order chi connectivity index (χ0) is 13.2. The van der Waals surface area contributed by atoms with Crippen molar-refractivity contribution in [1.29, 1.82) is 0 Å². The van der Waals surface area contributed by atoms with Crippen molar-refractivity contribution < 1.29 is 0 Å². The second-order valence-corrected chi connectivity index (χ2v) is 8.16. The Balaban J connectivity index is 4.38. The molecule has 0 amide bonds. The van der Waals surface area contributed by atoms with E-state index < -0.39 is 0 Å². The molecule has 0 aromatic carbocycles. The van der Waals surface area contributed by atoms with Crippen LogP contribution in [0, 0.1) is 5.41 Å². The summed E-state index contributed by atoms with van der Waals surface area (Å²) in [6.45, 7) is 22.1. The van der Waals surface area contributed by atoms with Gasteiger partial charge in [0.1, 0.15) is 0 Å². The average molecular weight is 227 g/mol. The Morgan fingerprint density at radius 2 is 1.06 bits per heavy atom. The van der Waals surface area contributed by atoms with E-state index in [9.17, 15) is 0 Å². The van der Waals surface area contributed by atoms with Gasteiger partial charge in [0.2, 0.25) is 0 Å². The largest absolute Gasteiger partial charge is 0.294 e. The molecule has 0 rings (SSSR count). The van der Waals surface area contributed by atoms with Gasteiger partial charge < -0.3 is 0 Å². The third-order valence-electron chi connectivity index (χ3n) is 2.93. The maximum absolute atomic E-state index is 2.62. The molecule has 0 aromatic heterocycles. The van der Waals surface area contributed by atoms with E-state index in [1.54, 1.807) is 0 Å². The lowest BCUT2D eigenvalue weighted by Crippen LogP contribution is -2.52. The first-order chi connectivity index (χ1) is 6.84. The maximum Gasteiger partial charge on any atom is 0.0130 e. The molecule has 0 fully saturated rings. The third-order valence-corrected chi connectivity index (χ3v) is 2.93. The molecule has 16 heavy (non-hydrogen) atoms. The quantitative estimate of drug-likeness (QED) is 0.675. The fourth-order valence-electron chi connectivity index (χ4n) is 2.44. The van der Waals surface area contributed by atoms with Gasteiger partial charge in [0, 0.05) is 11.1 Å². The lowest BCUT2D eigenvalue weighted by molar-refractivity contribution is 0.0343. The second kappa shape index (κ2) is 5.08. The summed E-state index contributed by atoms with van der Waals surface area (Å²) in [5, 5.41) is 0. The molecule has 0 unspecified atom stereocenters. The van der Waals surface area contributed by atoms with Crippen molar-refractivity contribution in [1.82, 2.24) is 4.90 Å². The van der Waals surface area contributed by atoms with Crippen LogP contribution in [0.3, 0.4) is 0 Å². The topological polar surface area (TPSA) is 3.24 Å². The van der Waals surface area contributed by atoms with Gasteiger partial charge >= 0.3 is 0 Å². The van der Waals surface area contributed by atoms with E-state index in [2.05, 4.69) is 67.2 Å². The highest BCUT2D eigenvalue weighted by atomic mass is 15.2. The third kappa shape index (κ3) is 6.52. The average Bonchev–Trinajstić information content (AvgIpc) is 1.90. The van der Waals surface area contributed by atoms with Crippen LogP contribution in [-0.2, 0) is 0 Å². The molecule has 1 nitrogen and oxygen atoms in total. The number of rotatable bonds is 3. The van der Waals surface area contributed by atoms with E-state index in [4.69, 9.17) is 0 Å². The fourth-order valence-corrected chi connectivity index (χ4v) is 2.44. The van der Waals surface area contributed by atoms with Crippen molar-refractivity contribution in [3.63, 3.8) is 0 Å². The molecule has 0 saturated carbocycles. The molecule has 0 spiro atoms. The van der Waals surface area contributed by atoms with E-state index in [0.717, 1.165) is 0 Å². The van der Waals surface area contributed by atoms with Crippen molar-refractivity contribution in [2.24, 2.45) is 5.41 Å². The predicted molar refractivity (Wildman–Crippen MR) is 74.9 cm³/mol. The van der Waals surface area contributed by atoms with Crippen LogP contribution in [0.2, 0.25) is 0 Å². The Labute approximate surface area is 104 Å². The van der Waals surface area contributed by atoms with Crippen LogP contribution in [0.25, 0.3) is 0 Å². The highest BCUT2D eigenvalue weighted by Crippen LogP contribution is 2.27. The standard InChI is InChI=1S/C15H33N/c1-13(2,3)11-10-12-16(14(4,5)6)15(7,8)9/h10-12H2,1-9H3. The SMILES string of the molecule is CC(C)(C)CCCN(C(C)(C)C)C(C)(C)C. The summed E-state index contributed by atoms with van der Waals surface area (Å²) >= 11 is 0. The molecule has 0 aromatic rings. The van der Waals surface area contributed by atoms with Crippen molar-refractivity contribution in [2.75, 3.05) is 6.54 Å². The molecule has 1 heteroatoms. The summed E-state index contributed by atoms with van der Waals surface area (Å²) in [7, 11) is 0. The summed E-state index contributed by atoms with van der Waals surface area (Å²) in [5.41, 5.74) is 0.980. The summed E-state index contributed by atoms with van der Waals surface area (Å²) in [6.07, 6.45) is 2.59. The van der Waals surface area contributed by atoms with Gasteiger partial charge in [-0.15, -0.1) is 0 Å². The second-order valence-electron chi connectivity index (χ2n) is 8.16. The van der Waals surface area contributed by atoms with Crippen molar-refractivity contribution >= 4 is 0 Å². The lowest BCUT2D eigenvalue weighted by atomic mass is 9.89. The first-order valence-electron chi connectivity index (χ1n) is 6.62. The molecule has 0 N–H and O–H groups in total. The van der Waals surface area contributed by atoms with Gasteiger partial charge in [-0.2, -0.15) is 0 Å². The van der Waals surface area contributed by atoms with Crippen LogP contribution in [0.5, 0.6) is 0 Å². The Kier molecular flexibility index (Phi) is 5.07. The molecule has 0 aliphatic carbocycles. The Hall–Kier alpha value is -0.0400. The van der Waals surface area contributed by atoms with Crippen LogP contribution in [-0.4, -0.2) is 22.5 Å². The summed E-state index contributed by atoms with van der Waals surface area (Å²) in [5.74, 6) is 0. The van der Waals surface area contributed by atoms with E-state index in [1.807, 2.05) is 0 Å². The minimum Gasteiger partial charge on any atom is -0.294 e. The fraction of sp³-hybridized carbons (Fsp3) is 1.00. The lowest BCUT2D eigenvalue weighted by Gasteiger charge is -2.45. The van der Waals surface area contributed by atoms with Crippen molar-refractivity contribution in [2.45, 2.75) is 86.2 Å². The van der Waals surface area contributed by atoms with Crippen LogP contribution in [0.1, 0.15) is 75.2 Å². The monoisotopic (exact) mass is 227 g/mol. The smallest absolute Gasteiger partial charge is 0.0130 e. The normalized spacial score (nSPS) is 14.6. The first kappa shape index (κ1) is 16.0. The maximum atomic E-state index is 2.62. The molecule has 98 valence electrons. The zero-order valence-electron chi connectivity index (χ0n) is 13.1. The van der Waals surface area contributed by atoms with Crippen molar-refractivity contribution in [3.05, 3.63) is 0 Å². The minimum absolute atomic E-state index is 0.260. The van der Waals surface area contributed by atoms with Gasteiger partial charge in [-0.1, -0.05) is 20.8 Å². The molecule has 0 radical (unpaired) electrons. The predicted octanol–water partition coefficient (Wildman–Crippen LogP) is 4.71. The van der Waals surface area contributed by atoms with E-state index >= 15 is 0 Å². The highest BCUT2D eigenvalue weighted by Gasteiger charge is 2.30. The van der Waals surface area contributed by atoms with Gasteiger partial charge in [-0.3, -0.25) is 4.90 Å². The molecule has 0 bridgehead atoms. The molecule has 0 saturated heterocycles. The van der Waals surface area contributed by atoms with E-state index in [1.165, 1.54) is 19.4 Å². The summed E-state index contributed by atoms with van der Waals surface area (Å²) in [6, 6.07) is 0. The number of hydrogen-bond acceptors (Lipinski definition) is 1. The van der Waals surface area contributed by atoms with E-state index in [0.29, 0.717) is 5.41 Å². The minimum atomic E-state index is 0.260. The van der Waals surface area contributed by atoms with E-state index in [-0.39, 0.29) is 11.1 Å². The van der Waals surface area contributed by atoms with Crippen LogP contribution >= 0.6 is 0 Å². The van der Waals surface area contributed by atoms with Gasteiger partial charge in [0.15, 0.2) is 0 Å². The highest BCUT2D eigenvalue weighted by molar-refractivity contribution is 4.86. The first-order valence-corrected chi connectivity index (χ1v) is 6.62. The van der Waals surface area contributed by atoms with Gasteiger partial charge in [0.25, 0.3) is 0 Å². The number of hydrogen-bond donors (Lipinski definition) is 0. The molecule has 0 aliphatic heterocycles. The van der Waals surface area contributed by atoms with Crippen LogP contribution in [0.15, 0.2) is 0 Å². The Morgan fingerprint density at radius 1 is 0.688 bits per heavy atom. The van der Waals surface area contributed by atoms with Crippen LogP contribution < -0.4 is 0 Å². The zero-order valence-corrected chi connectivity index (χ0v) is 13.1. The molecule has 0 aliphatic rings.